The van der Waals surface area contributed by atoms with Gasteiger partial charge in [-0.05, 0) is 31.5 Å². The van der Waals surface area contributed by atoms with E-state index in [0.29, 0.717) is 17.0 Å². The summed E-state index contributed by atoms with van der Waals surface area (Å²) in [5, 5.41) is 5.86. The van der Waals surface area contributed by atoms with Crippen LogP contribution in [0.4, 0.5) is 10.8 Å². The molecule has 2 heterocycles. The van der Waals surface area contributed by atoms with Gasteiger partial charge in [0.15, 0.2) is 5.13 Å². The Morgan fingerprint density at radius 1 is 1.18 bits per heavy atom. The van der Waals surface area contributed by atoms with E-state index in [9.17, 15) is 9.59 Å². The van der Waals surface area contributed by atoms with E-state index in [0.717, 1.165) is 16.4 Å². The molecule has 0 saturated carbocycles. The molecule has 2 unspecified atom stereocenters. The van der Waals surface area contributed by atoms with Crippen molar-refractivity contribution in [3.8, 4) is 0 Å². The number of esters is 2. The van der Waals surface area contributed by atoms with Crippen LogP contribution in [0.15, 0.2) is 52.1 Å². The molecule has 1 aliphatic rings. The van der Waals surface area contributed by atoms with Crippen LogP contribution in [0.3, 0.4) is 0 Å². The number of carbonyl (C=O) groups excluding carboxylic acids is 2. The van der Waals surface area contributed by atoms with Crippen molar-refractivity contribution < 1.29 is 19.1 Å². The van der Waals surface area contributed by atoms with Gasteiger partial charge in [0.2, 0.25) is 0 Å². The smallest absolute Gasteiger partial charge is 0.336 e. The van der Waals surface area contributed by atoms with Crippen molar-refractivity contribution in [2.24, 2.45) is 10.9 Å². The number of carbonyl (C=O) groups is 2. The van der Waals surface area contributed by atoms with Gasteiger partial charge in [0.25, 0.3) is 0 Å². The van der Waals surface area contributed by atoms with Crippen molar-refractivity contribution in [3.63, 3.8) is 0 Å². The largest absolute Gasteiger partial charge is 0.468 e. The van der Waals surface area contributed by atoms with Gasteiger partial charge in [-0.3, -0.25) is 9.79 Å². The minimum atomic E-state index is -0.710. The maximum Gasteiger partial charge on any atom is 0.336 e. The first-order chi connectivity index (χ1) is 13.5. The van der Waals surface area contributed by atoms with Gasteiger partial charge in [0.05, 0.1) is 19.8 Å². The molecule has 1 aromatic carbocycles. The molecule has 28 heavy (non-hydrogen) atoms. The first-order valence-corrected chi connectivity index (χ1v) is 9.52. The highest BCUT2D eigenvalue weighted by Gasteiger charge is 2.42. The summed E-state index contributed by atoms with van der Waals surface area (Å²) >= 11 is 1.48. The summed E-state index contributed by atoms with van der Waals surface area (Å²) < 4.78 is 9.99. The van der Waals surface area contributed by atoms with E-state index in [2.05, 4.69) is 15.3 Å². The summed E-state index contributed by atoms with van der Waals surface area (Å²) in [5.41, 5.74) is 3.08. The van der Waals surface area contributed by atoms with Crippen LogP contribution in [0.2, 0.25) is 0 Å². The zero-order valence-electron chi connectivity index (χ0n) is 16.1. The number of aromatic nitrogens is 1. The average molecular weight is 399 g/mol. The Balaban J connectivity index is 2.09. The van der Waals surface area contributed by atoms with Crippen LogP contribution in [0.25, 0.3) is 0 Å². The minimum absolute atomic E-state index is 0.356. The standard InChI is InChI=1S/C20H21N3O4S/c1-11-15(18(24)26-3)17(16(12(2)22-11)19(25)27-4)13-6-5-7-14(10-13)23-20-21-8-9-28-20/h5-10,15,17H,1-4H3,(H,21,23). The summed E-state index contributed by atoms with van der Waals surface area (Å²) in [7, 11) is 2.65. The van der Waals surface area contributed by atoms with E-state index in [4.69, 9.17) is 9.47 Å². The number of methoxy groups -OCH3 is 2. The summed E-state index contributed by atoms with van der Waals surface area (Å²) in [4.78, 5) is 33.7. The number of benzene rings is 1. The molecule has 0 amide bonds. The fourth-order valence-electron chi connectivity index (χ4n) is 3.42. The van der Waals surface area contributed by atoms with Crippen molar-refractivity contribution in [2.45, 2.75) is 19.8 Å². The van der Waals surface area contributed by atoms with Crippen LogP contribution in [-0.4, -0.2) is 36.9 Å². The van der Waals surface area contributed by atoms with Crippen LogP contribution in [0.1, 0.15) is 25.3 Å². The number of ether oxygens (including phenoxy) is 2. The average Bonchev–Trinajstić information content (AvgIpc) is 3.19. The number of nitrogens with zero attached hydrogens (tertiary/aromatic N) is 2. The lowest BCUT2D eigenvalue weighted by atomic mass is 9.75. The Morgan fingerprint density at radius 2 is 1.96 bits per heavy atom. The van der Waals surface area contributed by atoms with E-state index >= 15 is 0 Å². The molecule has 1 aromatic heterocycles. The molecule has 0 aliphatic carbocycles. The number of rotatable bonds is 5. The topological polar surface area (TPSA) is 89.9 Å². The summed E-state index contributed by atoms with van der Waals surface area (Å²) in [5.74, 6) is -2.22. The SMILES string of the molecule is COC(=O)C1=C(C)N=C(C)C(C(=O)OC)C1c1cccc(Nc2nccs2)c1. The van der Waals surface area contributed by atoms with Gasteiger partial charge >= 0.3 is 11.9 Å². The third kappa shape index (κ3) is 3.82. The van der Waals surface area contributed by atoms with E-state index in [1.54, 1.807) is 20.0 Å². The second-order valence-corrected chi connectivity index (χ2v) is 7.20. The van der Waals surface area contributed by atoms with Crippen LogP contribution >= 0.6 is 11.3 Å². The first kappa shape index (κ1) is 19.8. The number of hydrogen-bond acceptors (Lipinski definition) is 8. The zero-order chi connectivity index (χ0) is 20.3. The predicted molar refractivity (Wildman–Crippen MR) is 108 cm³/mol. The van der Waals surface area contributed by atoms with Crippen molar-refractivity contribution >= 4 is 39.8 Å². The molecule has 0 fully saturated rings. The van der Waals surface area contributed by atoms with Gasteiger partial charge in [0, 0.05) is 34.6 Å². The lowest BCUT2D eigenvalue weighted by molar-refractivity contribution is -0.143. The number of aliphatic imine (C=N–C) groups is 1. The van der Waals surface area contributed by atoms with Gasteiger partial charge < -0.3 is 14.8 Å². The van der Waals surface area contributed by atoms with E-state index in [1.807, 2.05) is 29.6 Å². The molecule has 8 heteroatoms. The van der Waals surface area contributed by atoms with Crippen molar-refractivity contribution in [3.05, 3.63) is 52.7 Å². The number of thiazole rings is 1. The van der Waals surface area contributed by atoms with Gasteiger partial charge in [-0.1, -0.05) is 12.1 Å². The van der Waals surface area contributed by atoms with Crippen LogP contribution in [0.5, 0.6) is 0 Å². The highest BCUT2D eigenvalue weighted by Crippen LogP contribution is 2.40. The van der Waals surface area contributed by atoms with Crippen molar-refractivity contribution in [2.75, 3.05) is 19.5 Å². The molecular formula is C20H21N3O4S. The number of anilines is 2. The van der Waals surface area contributed by atoms with Gasteiger partial charge in [-0.15, -0.1) is 11.3 Å². The molecule has 3 rings (SSSR count). The molecule has 1 aliphatic heterocycles. The zero-order valence-corrected chi connectivity index (χ0v) is 16.9. The molecule has 0 saturated heterocycles. The quantitative estimate of drug-likeness (QED) is 0.772. The maximum absolute atomic E-state index is 12.6. The molecular weight excluding hydrogens is 378 g/mol. The molecule has 2 atom stereocenters. The molecule has 2 aromatic rings. The van der Waals surface area contributed by atoms with Gasteiger partial charge in [-0.2, -0.15) is 0 Å². The minimum Gasteiger partial charge on any atom is -0.468 e. The molecule has 0 spiro atoms. The summed E-state index contributed by atoms with van der Waals surface area (Å²) in [6.45, 7) is 3.51. The van der Waals surface area contributed by atoms with E-state index in [-0.39, 0.29) is 0 Å². The monoisotopic (exact) mass is 399 g/mol. The Morgan fingerprint density at radius 3 is 2.61 bits per heavy atom. The molecule has 0 radical (unpaired) electrons. The summed E-state index contributed by atoms with van der Waals surface area (Å²) in [6, 6.07) is 7.54. The molecule has 146 valence electrons. The van der Waals surface area contributed by atoms with Crippen LogP contribution < -0.4 is 5.32 Å². The number of hydrogen-bond donors (Lipinski definition) is 1. The molecule has 1 N–H and O–H groups in total. The predicted octanol–water partition coefficient (Wildman–Crippen LogP) is 3.68. The maximum atomic E-state index is 12.6. The van der Waals surface area contributed by atoms with E-state index < -0.39 is 23.8 Å². The Labute approximate surface area is 167 Å². The van der Waals surface area contributed by atoms with Gasteiger partial charge in [0.1, 0.15) is 5.92 Å². The molecule has 7 nitrogen and oxygen atoms in total. The highest BCUT2D eigenvalue weighted by atomic mass is 32.1. The fraction of sp³-hybridized carbons (Fsp3) is 0.300. The Kier molecular flexibility index (Phi) is 5.89. The van der Waals surface area contributed by atoms with Gasteiger partial charge in [-0.25, -0.2) is 9.78 Å². The third-order valence-electron chi connectivity index (χ3n) is 4.62. The lowest BCUT2D eigenvalue weighted by Gasteiger charge is -2.31. The van der Waals surface area contributed by atoms with E-state index in [1.165, 1.54) is 25.6 Å². The molecule has 0 bridgehead atoms. The summed E-state index contributed by atoms with van der Waals surface area (Å²) in [6.07, 6.45) is 1.71. The lowest BCUT2D eigenvalue weighted by Crippen LogP contribution is -2.36. The Hall–Kier alpha value is -3.00. The first-order valence-electron chi connectivity index (χ1n) is 8.64. The Bertz CT molecular complexity index is 950. The second-order valence-electron chi connectivity index (χ2n) is 6.31. The van der Waals surface area contributed by atoms with Crippen LogP contribution in [-0.2, 0) is 19.1 Å². The third-order valence-corrected chi connectivity index (χ3v) is 5.31. The van der Waals surface area contributed by atoms with Crippen LogP contribution in [0, 0.1) is 5.92 Å². The van der Waals surface area contributed by atoms with Crippen molar-refractivity contribution in [1.29, 1.82) is 0 Å². The second kappa shape index (κ2) is 8.35. The fourth-order valence-corrected chi connectivity index (χ4v) is 3.97. The normalized spacial score (nSPS) is 19.1. The highest BCUT2D eigenvalue weighted by molar-refractivity contribution is 7.13. The number of allylic oxidation sites excluding steroid dienone is 1. The number of nitrogens with one attached hydrogen (secondary N) is 1. The van der Waals surface area contributed by atoms with Crippen molar-refractivity contribution in [1.82, 2.24) is 4.98 Å².